The van der Waals surface area contributed by atoms with Gasteiger partial charge in [-0.3, -0.25) is 43.8 Å². The second kappa shape index (κ2) is 18.7. The summed E-state index contributed by atoms with van der Waals surface area (Å²) in [6.07, 6.45) is 6.80. The van der Waals surface area contributed by atoms with E-state index in [4.69, 9.17) is 4.74 Å². The van der Waals surface area contributed by atoms with Gasteiger partial charge in [0.05, 0.1) is 11.1 Å². The number of aromatic amines is 1. The van der Waals surface area contributed by atoms with Gasteiger partial charge >= 0.3 is 0 Å². The number of ether oxygens (including phenoxy) is 1. The number of imide groups is 2. The molecule has 2 aliphatic rings. The van der Waals surface area contributed by atoms with Crippen molar-refractivity contribution < 1.29 is 33.5 Å². The Hall–Kier alpha value is -7.03. The zero-order chi connectivity index (χ0) is 42.2. The molecule has 15 heteroatoms. The van der Waals surface area contributed by atoms with Gasteiger partial charge in [0, 0.05) is 67.9 Å². The number of unbranched alkanes of at least 4 members (excludes halogenated alkanes) is 4. The van der Waals surface area contributed by atoms with E-state index < -0.39 is 29.7 Å². The average Bonchev–Trinajstić information content (AvgIpc) is 3.80. The van der Waals surface area contributed by atoms with Crippen molar-refractivity contribution in [3.63, 3.8) is 0 Å². The molecule has 0 spiro atoms. The highest BCUT2D eigenvalue weighted by molar-refractivity contribution is 6.25. The number of nitrogens with zero attached hydrogens (tertiary/aromatic N) is 2. The molecular weight excluding hydrogens is 767 g/mol. The average molecular weight is 814 g/mol. The van der Waals surface area contributed by atoms with Crippen molar-refractivity contribution in [3.05, 3.63) is 112 Å². The Balaban J connectivity index is 0.796. The molecule has 7 rings (SSSR count). The highest BCUT2D eigenvalue weighted by atomic mass is 16.5. The number of nitrogens with one attached hydrogen (secondary N) is 5. The number of para-hydroxylation sites is 2. The van der Waals surface area contributed by atoms with Crippen LogP contribution in [0.2, 0.25) is 0 Å². The summed E-state index contributed by atoms with van der Waals surface area (Å²) in [6, 6.07) is 22.6. The summed E-state index contributed by atoms with van der Waals surface area (Å²) < 4.78 is 7.68. The maximum atomic E-state index is 13.3. The van der Waals surface area contributed by atoms with Crippen molar-refractivity contribution in [1.82, 2.24) is 30.4 Å². The van der Waals surface area contributed by atoms with E-state index in [1.54, 1.807) is 37.5 Å². The summed E-state index contributed by atoms with van der Waals surface area (Å²) >= 11 is 0. The van der Waals surface area contributed by atoms with Crippen LogP contribution in [0.1, 0.15) is 89.0 Å². The predicted octanol–water partition coefficient (Wildman–Crippen LogP) is 5.42. The lowest BCUT2D eigenvalue weighted by Crippen LogP contribution is -2.54. The molecule has 1 saturated heterocycles. The van der Waals surface area contributed by atoms with E-state index in [9.17, 15) is 33.6 Å². The Morgan fingerprint density at radius 3 is 2.30 bits per heavy atom. The van der Waals surface area contributed by atoms with Gasteiger partial charge in [-0.2, -0.15) is 0 Å². The molecule has 310 valence electrons. The van der Waals surface area contributed by atoms with Gasteiger partial charge in [0.25, 0.3) is 23.3 Å². The van der Waals surface area contributed by atoms with Gasteiger partial charge in [0.15, 0.2) is 0 Å². The lowest BCUT2D eigenvalue weighted by Gasteiger charge is -2.27. The van der Waals surface area contributed by atoms with Crippen LogP contribution in [0.25, 0.3) is 22.0 Å². The minimum absolute atomic E-state index is 0.0339. The second-order valence-electron chi connectivity index (χ2n) is 14.9. The minimum atomic E-state index is -1.02. The quantitative estimate of drug-likeness (QED) is 0.0566. The van der Waals surface area contributed by atoms with Gasteiger partial charge in [-0.05, 0) is 68.5 Å². The van der Waals surface area contributed by atoms with E-state index in [1.807, 2.05) is 54.6 Å². The van der Waals surface area contributed by atoms with Crippen LogP contribution in [0, 0.1) is 0 Å². The van der Waals surface area contributed by atoms with Crippen LogP contribution >= 0.6 is 0 Å². The molecule has 0 radical (unpaired) electrons. The Morgan fingerprint density at radius 2 is 1.48 bits per heavy atom. The lowest BCUT2D eigenvalue weighted by atomic mass is 10.0. The fraction of sp³-hybridized carbons (Fsp3) is 0.311. The SMILES string of the molecule is Cn1cc(-c2ccccc2Oc2ccccc2)c2cc(C(=O)NCCCCCCC(=O)NCCCCNc3cccc4c3C(=O)N(C3CCC(=O)NC3=O)C4=O)[nH]c2c1=O. The highest BCUT2D eigenvalue weighted by Crippen LogP contribution is 2.37. The number of carbonyl (C=O) groups excluding carboxylic acids is 6. The van der Waals surface area contributed by atoms with E-state index in [0.29, 0.717) is 73.4 Å². The van der Waals surface area contributed by atoms with Crippen molar-refractivity contribution in [2.24, 2.45) is 7.05 Å². The number of rotatable bonds is 18. The highest BCUT2D eigenvalue weighted by Gasteiger charge is 2.45. The number of H-pyrrole nitrogens is 1. The van der Waals surface area contributed by atoms with E-state index in [2.05, 4.69) is 26.3 Å². The third-order valence-corrected chi connectivity index (χ3v) is 10.7. The normalized spacial score (nSPS) is 14.9. The Labute approximate surface area is 345 Å². The number of benzene rings is 3. The summed E-state index contributed by atoms with van der Waals surface area (Å²) in [6.45, 7) is 1.44. The van der Waals surface area contributed by atoms with E-state index >= 15 is 0 Å². The lowest BCUT2D eigenvalue weighted by molar-refractivity contribution is -0.136. The number of piperidine rings is 1. The Bertz CT molecular complexity index is 2510. The van der Waals surface area contributed by atoms with Crippen LogP contribution in [0.15, 0.2) is 89.9 Å². The fourth-order valence-electron chi connectivity index (χ4n) is 7.58. The minimum Gasteiger partial charge on any atom is -0.457 e. The molecule has 6 amide bonds. The van der Waals surface area contributed by atoms with Gasteiger partial charge in [-0.1, -0.05) is 55.3 Å². The molecule has 5 N–H and O–H groups in total. The Morgan fingerprint density at radius 1 is 0.767 bits per heavy atom. The topological polar surface area (TPSA) is 201 Å². The number of pyridine rings is 1. The standard InChI is InChI=1S/C45H47N7O8/c1-51-27-32(29-16-8-9-19-36(29)60-28-14-5-4-6-15-28)31-26-34(49-40(31)45(51)59)41(55)48-25-10-3-2-7-20-37(53)47-24-12-11-23-46-33-18-13-17-30-39(33)44(58)52(43(30)57)35-21-22-38(54)50-42(35)56/h4-6,8-9,13-19,26-27,35,46,49H,2-3,7,10-12,20-25H2,1H3,(H,47,53)(H,48,55)(H,50,54,56). The van der Waals surface area contributed by atoms with Gasteiger partial charge in [-0.25, -0.2) is 0 Å². The maximum absolute atomic E-state index is 13.3. The smallest absolute Gasteiger partial charge is 0.274 e. The Kier molecular flexibility index (Phi) is 12.8. The number of hydrogen-bond acceptors (Lipinski definition) is 9. The van der Waals surface area contributed by atoms with Crippen molar-refractivity contribution in [2.45, 2.75) is 63.8 Å². The molecule has 2 aromatic heterocycles. The number of aromatic nitrogens is 2. The van der Waals surface area contributed by atoms with Gasteiger partial charge in [0.1, 0.15) is 28.8 Å². The second-order valence-corrected chi connectivity index (χ2v) is 14.9. The summed E-state index contributed by atoms with van der Waals surface area (Å²) in [5.41, 5.74) is 2.83. The molecule has 5 aromatic rings. The van der Waals surface area contributed by atoms with Gasteiger partial charge in [-0.15, -0.1) is 0 Å². The van der Waals surface area contributed by atoms with Crippen LogP contribution in [-0.4, -0.2) is 75.6 Å². The first-order valence-electron chi connectivity index (χ1n) is 20.3. The predicted molar refractivity (Wildman–Crippen MR) is 225 cm³/mol. The van der Waals surface area contributed by atoms with Crippen LogP contribution in [-0.2, 0) is 21.4 Å². The maximum Gasteiger partial charge on any atom is 0.274 e. The number of aryl methyl sites for hydroxylation is 1. The molecule has 0 saturated carbocycles. The van der Waals surface area contributed by atoms with Crippen molar-refractivity contribution in [3.8, 4) is 22.6 Å². The molecule has 2 aliphatic heterocycles. The van der Waals surface area contributed by atoms with Crippen LogP contribution in [0.5, 0.6) is 11.5 Å². The third-order valence-electron chi connectivity index (χ3n) is 10.7. The molecular formula is C45H47N7O8. The van der Waals surface area contributed by atoms with Crippen molar-refractivity contribution in [2.75, 3.05) is 25.0 Å². The summed E-state index contributed by atoms with van der Waals surface area (Å²) in [5, 5.41) is 11.9. The monoisotopic (exact) mass is 813 g/mol. The van der Waals surface area contributed by atoms with Crippen LogP contribution in [0.3, 0.4) is 0 Å². The van der Waals surface area contributed by atoms with Crippen molar-refractivity contribution >= 4 is 52.0 Å². The molecule has 3 aromatic carbocycles. The first-order chi connectivity index (χ1) is 29.1. The summed E-state index contributed by atoms with van der Waals surface area (Å²) in [5.74, 6) is -1.24. The van der Waals surface area contributed by atoms with E-state index in [1.165, 1.54) is 4.57 Å². The molecule has 0 aliphatic carbocycles. The number of hydrogen-bond donors (Lipinski definition) is 5. The van der Waals surface area contributed by atoms with Crippen LogP contribution < -0.4 is 31.6 Å². The van der Waals surface area contributed by atoms with Gasteiger partial charge in [0.2, 0.25) is 17.7 Å². The first kappa shape index (κ1) is 41.1. The molecule has 1 fully saturated rings. The van der Waals surface area contributed by atoms with E-state index in [-0.39, 0.29) is 47.0 Å². The number of fused-ring (bicyclic) bond motifs is 2. The molecule has 60 heavy (non-hydrogen) atoms. The molecule has 4 heterocycles. The van der Waals surface area contributed by atoms with Crippen molar-refractivity contribution in [1.29, 1.82) is 0 Å². The van der Waals surface area contributed by atoms with Crippen LogP contribution in [0.4, 0.5) is 5.69 Å². The molecule has 15 nitrogen and oxygen atoms in total. The first-order valence-corrected chi connectivity index (χ1v) is 20.3. The molecule has 1 atom stereocenters. The van der Waals surface area contributed by atoms with E-state index in [0.717, 1.165) is 35.3 Å². The zero-order valence-corrected chi connectivity index (χ0v) is 33.3. The zero-order valence-electron chi connectivity index (χ0n) is 33.3. The number of carbonyl (C=O) groups is 6. The number of anilines is 1. The largest absolute Gasteiger partial charge is 0.457 e. The molecule has 0 bridgehead atoms. The molecule has 1 unspecified atom stereocenters. The number of amides is 6. The van der Waals surface area contributed by atoms with Gasteiger partial charge < -0.3 is 30.2 Å². The third kappa shape index (κ3) is 9.15. The fourth-order valence-corrected chi connectivity index (χ4v) is 7.58. The summed E-state index contributed by atoms with van der Waals surface area (Å²) in [4.78, 5) is 92.9. The summed E-state index contributed by atoms with van der Waals surface area (Å²) in [7, 11) is 1.67.